The summed E-state index contributed by atoms with van der Waals surface area (Å²) >= 11 is 0. The minimum atomic E-state index is -0.436. The van der Waals surface area contributed by atoms with Crippen LogP contribution >= 0.6 is 0 Å². The molecule has 0 atom stereocenters. The van der Waals surface area contributed by atoms with Crippen molar-refractivity contribution in [3.63, 3.8) is 0 Å². The van der Waals surface area contributed by atoms with Gasteiger partial charge in [0.05, 0.1) is 5.52 Å². The third-order valence-corrected chi connectivity index (χ3v) is 3.35. The van der Waals surface area contributed by atoms with Crippen LogP contribution in [0.4, 0.5) is 0 Å². The molecule has 1 aromatic heterocycles. The monoisotopic (exact) mass is 277 g/mol. The molecule has 0 aliphatic rings. The van der Waals surface area contributed by atoms with Crippen LogP contribution < -0.4 is 4.74 Å². The molecule has 3 heteroatoms. The van der Waals surface area contributed by atoms with E-state index in [0.717, 1.165) is 22.0 Å². The van der Waals surface area contributed by atoms with Crippen LogP contribution in [0.2, 0.25) is 0 Å². The van der Waals surface area contributed by atoms with Gasteiger partial charge in [0.15, 0.2) is 0 Å². The maximum Gasteiger partial charge on any atom is 0.362 e. The number of para-hydroxylation sites is 1. The van der Waals surface area contributed by atoms with E-state index in [9.17, 15) is 4.79 Å². The van der Waals surface area contributed by atoms with E-state index in [0.29, 0.717) is 11.4 Å². The summed E-state index contributed by atoms with van der Waals surface area (Å²) in [4.78, 5) is 16.6. The zero-order chi connectivity index (χ0) is 14.8. The molecule has 0 N–H and O–H groups in total. The number of esters is 1. The maximum atomic E-state index is 12.2. The first-order valence-electron chi connectivity index (χ1n) is 6.79. The fourth-order valence-electron chi connectivity index (χ4n) is 2.15. The molecular weight excluding hydrogens is 262 g/mol. The fourth-order valence-corrected chi connectivity index (χ4v) is 2.15. The number of carbonyl (C=O) groups is 1. The van der Waals surface area contributed by atoms with Crippen LogP contribution in [0.25, 0.3) is 10.9 Å². The predicted molar refractivity (Wildman–Crippen MR) is 82.6 cm³/mol. The van der Waals surface area contributed by atoms with Gasteiger partial charge < -0.3 is 4.74 Å². The summed E-state index contributed by atoms with van der Waals surface area (Å²) in [5, 5.41) is 1.00. The molecule has 0 aliphatic heterocycles. The predicted octanol–water partition coefficient (Wildman–Crippen LogP) is 4.07. The molecule has 104 valence electrons. The second-order valence-corrected chi connectivity index (χ2v) is 5.05. The Balaban J connectivity index is 1.91. The number of nitrogens with zero attached hydrogens (tertiary/aromatic N) is 1. The normalized spacial score (nSPS) is 10.6. The van der Waals surface area contributed by atoms with Crippen LogP contribution in [-0.2, 0) is 0 Å². The quantitative estimate of drug-likeness (QED) is 0.523. The molecule has 3 aromatic rings. The Kier molecular flexibility index (Phi) is 3.40. The molecule has 0 fully saturated rings. The fraction of sp³-hybridized carbons (Fsp3) is 0.111. The van der Waals surface area contributed by atoms with Crippen molar-refractivity contribution in [2.24, 2.45) is 0 Å². The molecule has 21 heavy (non-hydrogen) atoms. The molecule has 0 aliphatic carbocycles. The SMILES string of the molecule is Cc1ccc(C)c(OC(=O)c2ccc3ccccc3n2)c1. The maximum absolute atomic E-state index is 12.2. The number of aryl methyl sites for hydroxylation is 2. The number of rotatable bonds is 2. The van der Waals surface area contributed by atoms with Crippen LogP contribution in [0.15, 0.2) is 54.6 Å². The van der Waals surface area contributed by atoms with Crippen molar-refractivity contribution in [3.05, 3.63) is 71.4 Å². The Morgan fingerprint density at radius 2 is 1.81 bits per heavy atom. The van der Waals surface area contributed by atoms with Crippen molar-refractivity contribution in [3.8, 4) is 5.75 Å². The van der Waals surface area contributed by atoms with E-state index in [2.05, 4.69) is 4.98 Å². The Morgan fingerprint density at radius 1 is 1.00 bits per heavy atom. The summed E-state index contributed by atoms with van der Waals surface area (Å²) in [5.41, 5.74) is 3.08. The van der Waals surface area contributed by atoms with Crippen molar-refractivity contribution in [2.75, 3.05) is 0 Å². The van der Waals surface area contributed by atoms with E-state index in [1.807, 2.05) is 62.4 Å². The average Bonchev–Trinajstić information content (AvgIpc) is 2.50. The van der Waals surface area contributed by atoms with Gasteiger partial charge in [0.25, 0.3) is 0 Å². The zero-order valence-corrected chi connectivity index (χ0v) is 12.0. The first-order valence-corrected chi connectivity index (χ1v) is 6.79. The van der Waals surface area contributed by atoms with Crippen molar-refractivity contribution < 1.29 is 9.53 Å². The highest BCUT2D eigenvalue weighted by Crippen LogP contribution is 2.20. The van der Waals surface area contributed by atoms with Gasteiger partial charge in [-0.15, -0.1) is 0 Å². The standard InChI is InChI=1S/C18H15NO2/c1-12-7-8-13(2)17(11-12)21-18(20)16-10-9-14-5-3-4-6-15(14)19-16/h3-11H,1-2H3. The first-order chi connectivity index (χ1) is 10.1. The van der Waals surface area contributed by atoms with Gasteiger partial charge >= 0.3 is 5.97 Å². The molecule has 1 heterocycles. The van der Waals surface area contributed by atoms with Gasteiger partial charge in [-0.3, -0.25) is 0 Å². The number of carbonyl (C=O) groups excluding carboxylic acids is 1. The van der Waals surface area contributed by atoms with Crippen LogP contribution in [0.1, 0.15) is 21.6 Å². The molecule has 0 spiro atoms. The molecule has 3 nitrogen and oxygen atoms in total. The second-order valence-electron chi connectivity index (χ2n) is 5.05. The number of aromatic nitrogens is 1. The van der Waals surface area contributed by atoms with Crippen molar-refractivity contribution in [1.82, 2.24) is 4.98 Å². The topological polar surface area (TPSA) is 39.2 Å². The minimum absolute atomic E-state index is 0.314. The number of ether oxygens (including phenoxy) is 1. The Hall–Kier alpha value is -2.68. The summed E-state index contributed by atoms with van der Waals surface area (Å²) in [5.74, 6) is 0.143. The van der Waals surface area contributed by atoms with Gasteiger partial charge in [-0.05, 0) is 43.2 Å². The number of benzene rings is 2. The molecule has 0 saturated heterocycles. The lowest BCUT2D eigenvalue weighted by Gasteiger charge is -2.08. The lowest BCUT2D eigenvalue weighted by molar-refractivity contribution is 0.0728. The van der Waals surface area contributed by atoms with Gasteiger partial charge in [0, 0.05) is 5.39 Å². The Labute approximate surface area is 123 Å². The number of pyridine rings is 1. The average molecular weight is 277 g/mol. The summed E-state index contributed by atoms with van der Waals surface area (Å²) in [6.45, 7) is 3.88. The summed E-state index contributed by atoms with van der Waals surface area (Å²) < 4.78 is 5.46. The molecule has 0 saturated carbocycles. The number of hydrogen-bond acceptors (Lipinski definition) is 3. The molecular formula is C18H15NO2. The summed E-state index contributed by atoms with van der Waals surface area (Å²) in [6.07, 6.45) is 0. The van der Waals surface area contributed by atoms with Crippen LogP contribution in [0.5, 0.6) is 5.75 Å². The number of fused-ring (bicyclic) bond motifs is 1. The van der Waals surface area contributed by atoms with E-state index in [1.165, 1.54) is 0 Å². The summed E-state index contributed by atoms with van der Waals surface area (Å²) in [6, 6.07) is 17.0. The third-order valence-electron chi connectivity index (χ3n) is 3.35. The summed E-state index contributed by atoms with van der Waals surface area (Å²) in [7, 11) is 0. The van der Waals surface area contributed by atoms with Crippen LogP contribution in [-0.4, -0.2) is 11.0 Å². The Morgan fingerprint density at radius 3 is 2.67 bits per heavy atom. The van der Waals surface area contributed by atoms with E-state index in [-0.39, 0.29) is 0 Å². The second kappa shape index (κ2) is 5.37. The van der Waals surface area contributed by atoms with E-state index in [1.54, 1.807) is 6.07 Å². The van der Waals surface area contributed by atoms with E-state index >= 15 is 0 Å². The van der Waals surface area contributed by atoms with Crippen LogP contribution in [0, 0.1) is 13.8 Å². The molecule has 0 radical (unpaired) electrons. The van der Waals surface area contributed by atoms with Crippen molar-refractivity contribution in [1.29, 1.82) is 0 Å². The third kappa shape index (κ3) is 2.77. The molecule has 3 rings (SSSR count). The van der Waals surface area contributed by atoms with Gasteiger partial charge in [-0.1, -0.05) is 36.4 Å². The van der Waals surface area contributed by atoms with E-state index in [4.69, 9.17) is 4.74 Å². The first kappa shape index (κ1) is 13.3. The molecule has 2 aromatic carbocycles. The minimum Gasteiger partial charge on any atom is -0.422 e. The molecule has 0 amide bonds. The van der Waals surface area contributed by atoms with Crippen LogP contribution in [0.3, 0.4) is 0 Å². The van der Waals surface area contributed by atoms with Gasteiger partial charge in [0.1, 0.15) is 11.4 Å². The van der Waals surface area contributed by atoms with Crippen molar-refractivity contribution >= 4 is 16.9 Å². The Bertz CT molecular complexity index is 824. The van der Waals surface area contributed by atoms with Gasteiger partial charge in [-0.2, -0.15) is 0 Å². The van der Waals surface area contributed by atoms with Crippen molar-refractivity contribution in [2.45, 2.75) is 13.8 Å². The number of hydrogen-bond donors (Lipinski definition) is 0. The highest BCUT2D eigenvalue weighted by atomic mass is 16.5. The highest BCUT2D eigenvalue weighted by molar-refractivity contribution is 5.92. The van der Waals surface area contributed by atoms with Gasteiger partial charge in [-0.25, -0.2) is 9.78 Å². The molecule has 0 unspecified atom stereocenters. The lowest BCUT2D eigenvalue weighted by atomic mass is 10.1. The smallest absolute Gasteiger partial charge is 0.362 e. The zero-order valence-electron chi connectivity index (χ0n) is 12.0. The highest BCUT2D eigenvalue weighted by Gasteiger charge is 2.12. The largest absolute Gasteiger partial charge is 0.422 e. The van der Waals surface area contributed by atoms with E-state index < -0.39 is 5.97 Å². The lowest BCUT2D eigenvalue weighted by Crippen LogP contribution is -2.11. The van der Waals surface area contributed by atoms with Gasteiger partial charge in [0.2, 0.25) is 0 Å². The molecule has 0 bridgehead atoms.